The van der Waals surface area contributed by atoms with Crippen molar-refractivity contribution in [3.8, 4) is 0 Å². The average molecular weight is 747 g/mol. The Bertz CT molecular complexity index is 1600. The van der Waals surface area contributed by atoms with Crippen LogP contribution < -0.4 is 11.5 Å². The van der Waals surface area contributed by atoms with Crippen molar-refractivity contribution in [2.45, 2.75) is 131 Å². The Kier molecular flexibility index (Phi) is 14.4. The Hall–Kier alpha value is -3.52. The first kappa shape index (κ1) is 43.2. The van der Waals surface area contributed by atoms with Gasteiger partial charge in [0.2, 0.25) is 12.8 Å². The van der Waals surface area contributed by atoms with Crippen molar-refractivity contribution in [3.05, 3.63) is 83.2 Å². The quantitative estimate of drug-likeness (QED) is 0.172. The number of carbonyl (C=O) groups excluding carboxylic acids is 2. The van der Waals surface area contributed by atoms with E-state index in [4.69, 9.17) is 14.7 Å². The molecular weight excluding hydrogens is 680 g/mol. The van der Waals surface area contributed by atoms with Gasteiger partial charge in [0, 0.05) is 0 Å². The van der Waals surface area contributed by atoms with E-state index >= 15 is 0 Å². The van der Waals surface area contributed by atoms with Crippen LogP contribution in [0.2, 0.25) is 0 Å². The lowest BCUT2D eigenvalue weighted by molar-refractivity contribution is -0.214. The summed E-state index contributed by atoms with van der Waals surface area (Å²) in [6.45, 7) is 15.3. The standard InChI is InChI=1S/C41H55FO3.C3H6.2CH3NO/c1-38(2)34-17-20-39(3)31-16-22-41(19-6-9-32(41)29(31)14-15-35(39)40(34,4)21-18-36(38)43)25-28-8-5-7-26(23-28)10-11-27-12-13-30(37(44)45)33(42)24-27;1-3-2;2*2-1-3/h5,7-8,12-13,23-24,29,31-32,34-36,43H,6,9-11,14-22,25H2,1-4H3,(H,44,45);3H,1H2,2H3;2*1H,(H2,2,3). The van der Waals surface area contributed by atoms with Crippen LogP contribution in [0.25, 0.3) is 0 Å². The fourth-order valence-electron chi connectivity index (χ4n) is 13.1. The van der Waals surface area contributed by atoms with E-state index in [2.05, 4.69) is 70.0 Å². The molecule has 298 valence electrons. The number of benzene rings is 2. The number of carbonyl (C=O) groups is 3. The Balaban J connectivity index is 0.000000659. The summed E-state index contributed by atoms with van der Waals surface area (Å²) in [4.78, 5) is 28.4. The van der Waals surface area contributed by atoms with Gasteiger partial charge >= 0.3 is 5.97 Å². The van der Waals surface area contributed by atoms with E-state index in [1.807, 2.05) is 6.92 Å². The molecule has 5 fully saturated rings. The van der Waals surface area contributed by atoms with Crippen molar-refractivity contribution in [2.24, 2.45) is 62.7 Å². The van der Waals surface area contributed by atoms with Crippen LogP contribution in [0, 0.1) is 57.1 Å². The first-order valence-corrected chi connectivity index (χ1v) is 20.3. The molecule has 0 aliphatic heterocycles. The highest BCUT2D eigenvalue weighted by Crippen LogP contribution is 2.73. The average Bonchev–Trinajstić information content (AvgIpc) is 3.54. The molecule has 0 aromatic heterocycles. The lowest BCUT2D eigenvalue weighted by atomic mass is 9.36. The van der Waals surface area contributed by atoms with Crippen molar-refractivity contribution in [1.82, 2.24) is 0 Å². The van der Waals surface area contributed by atoms with Gasteiger partial charge in [0.05, 0.1) is 11.7 Å². The summed E-state index contributed by atoms with van der Waals surface area (Å²) >= 11 is 0. The number of carboxylic acid groups (broad SMARTS) is 1. The zero-order chi connectivity index (χ0) is 39.9. The second-order valence-electron chi connectivity index (χ2n) is 18.1. The van der Waals surface area contributed by atoms with E-state index < -0.39 is 11.8 Å². The zero-order valence-corrected chi connectivity index (χ0v) is 33.5. The molecule has 0 spiro atoms. The Morgan fingerprint density at radius 3 is 2.06 bits per heavy atom. The zero-order valence-electron chi connectivity index (χ0n) is 33.5. The summed E-state index contributed by atoms with van der Waals surface area (Å²) in [6.07, 6.45) is 19.3. The lowest BCUT2D eigenvalue weighted by Gasteiger charge is -2.69. The van der Waals surface area contributed by atoms with E-state index in [9.17, 15) is 14.3 Å². The van der Waals surface area contributed by atoms with Crippen molar-refractivity contribution in [3.63, 3.8) is 0 Å². The molecule has 5 saturated carbocycles. The maximum absolute atomic E-state index is 14.3. The molecule has 54 heavy (non-hydrogen) atoms. The van der Waals surface area contributed by atoms with Crippen LogP contribution in [0.4, 0.5) is 4.39 Å². The van der Waals surface area contributed by atoms with E-state index in [0.717, 1.165) is 42.1 Å². The molecule has 5 aliphatic rings. The van der Waals surface area contributed by atoms with Crippen LogP contribution in [0.15, 0.2) is 55.1 Å². The van der Waals surface area contributed by atoms with E-state index in [1.54, 1.807) is 12.1 Å². The number of allylic oxidation sites excluding steroid dienone is 1. The molecule has 9 unspecified atom stereocenters. The molecule has 2 amide bonds. The maximum Gasteiger partial charge on any atom is 0.338 e. The second kappa shape index (κ2) is 18.0. The molecule has 0 radical (unpaired) electrons. The topological polar surface area (TPSA) is 144 Å². The van der Waals surface area contributed by atoms with Gasteiger partial charge in [-0.05, 0) is 170 Å². The molecule has 7 rings (SSSR count). The fourth-order valence-corrected chi connectivity index (χ4v) is 13.1. The number of aliphatic hydroxyl groups excluding tert-OH is 1. The third-order valence-electron chi connectivity index (χ3n) is 15.2. The number of halogens is 1. The van der Waals surface area contributed by atoms with E-state index in [-0.39, 0.29) is 29.9 Å². The monoisotopic (exact) mass is 747 g/mol. The third kappa shape index (κ3) is 8.49. The van der Waals surface area contributed by atoms with Crippen LogP contribution in [0.5, 0.6) is 0 Å². The highest BCUT2D eigenvalue weighted by molar-refractivity contribution is 5.87. The number of hydrogen-bond acceptors (Lipinski definition) is 4. The van der Waals surface area contributed by atoms with Gasteiger partial charge in [0.15, 0.2) is 0 Å². The number of fused-ring (bicyclic) bond motifs is 7. The molecule has 9 atom stereocenters. The first-order valence-electron chi connectivity index (χ1n) is 20.3. The molecule has 2 aromatic carbocycles. The summed E-state index contributed by atoms with van der Waals surface area (Å²) in [5.74, 6) is 2.09. The minimum absolute atomic E-state index is 0.0219. The second-order valence-corrected chi connectivity index (χ2v) is 18.1. The van der Waals surface area contributed by atoms with Crippen LogP contribution >= 0.6 is 0 Å². The first-order chi connectivity index (χ1) is 25.6. The van der Waals surface area contributed by atoms with Gasteiger partial charge in [-0.15, -0.1) is 6.58 Å². The lowest BCUT2D eigenvalue weighted by Crippen LogP contribution is -2.63. The number of aryl methyl sites for hydroxylation is 2. The number of hydrogen-bond donors (Lipinski definition) is 4. The van der Waals surface area contributed by atoms with Gasteiger partial charge in [-0.2, -0.15) is 0 Å². The normalized spacial score (nSPS) is 34.1. The molecule has 8 heteroatoms. The Morgan fingerprint density at radius 1 is 0.815 bits per heavy atom. The van der Waals surface area contributed by atoms with Crippen LogP contribution in [0.1, 0.15) is 132 Å². The van der Waals surface area contributed by atoms with Gasteiger partial charge < -0.3 is 21.7 Å². The van der Waals surface area contributed by atoms with E-state index in [0.29, 0.717) is 28.6 Å². The molecule has 2 aromatic rings. The Labute approximate surface area is 323 Å². The number of aromatic carboxylic acids is 1. The van der Waals surface area contributed by atoms with Gasteiger partial charge in [0.25, 0.3) is 0 Å². The molecule has 0 bridgehead atoms. The summed E-state index contributed by atoms with van der Waals surface area (Å²) in [7, 11) is 0. The molecule has 0 heterocycles. The highest BCUT2D eigenvalue weighted by Gasteiger charge is 2.66. The fraction of sp³-hybridized carbons (Fsp3) is 0.630. The number of primary amides is 2. The molecule has 5 aliphatic carbocycles. The predicted molar refractivity (Wildman–Crippen MR) is 214 cm³/mol. The van der Waals surface area contributed by atoms with Crippen molar-refractivity contribution >= 4 is 18.8 Å². The minimum Gasteiger partial charge on any atom is -0.478 e. The summed E-state index contributed by atoms with van der Waals surface area (Å²) in [6, 6.07) is 13.7. The largest absolute Gasteiger partial charge is 0.478 e. The van der Waals surface area contributed by atoms with Crippen molar-refractivity contribution in [2.75, 3.05) is 0 Å². The number of rotatable bonds is 6. The van der Waals surface area contributed by atoms with Crippen LogP contribution in [0.3, 0.4) is 0 Å². The summed E-state index contributed by atoms with van der Waals surface area (Å²) < 4.78 is 14.3. The van der Waals surface area contributed by atoms with Gasteiger partial charge in [-0.3, -0.25) is 9.59 Å². The van der Waals surface area contributed by atoms with E-state index in [1.165, 1.54) is 93.9 Å². The summed E-state index contributed by atoms with van der Waals surface area (Å²) in [5, 5.41) is 20.1. The van der Waals surface area contributed by atoms with Gasteiger partial charge in [-0.25, -0.2) is 9.18 Å². The minimum atomic E-state index is -1.22. The number of nitrogens with two attached hydrogens (primary N) is 2. The van der Waals surface area contributed by atoms with Gasteiger partial charge in [0.1, 0.15) is 5.82 Å². The molecule has 7 nitrogen and oxygen atoms in total. The maximum atomic E-state index is 14.3. The van der Waals surface area contributed by atoms with Gasteiger partial charge in [-0.1, -0.05) is 70.5 Å². The number of amides is 2. The van der Waals surface area contributed by atoms with Crippen molar-refractivity contribution in [1.29, 1.82) is 0 Å². The predicted octanol–water partition coefficient (Wildman–Crippen LogP) is 9.07. The molecular formula is C46H67FN2O5. The molecule has 6 N–H and O–H groups in total. The molecule has 0 saturated heterocycles. The highest BCUT2D eigenvalue weighted by atomic mass is 19.1. The Morgan fingerprint density at radius 2 is 1.43 bits per heavy atom. The number of carboxylic acids is 1. The summed E-state index contributed by atoms with van der Waals surface area (Å²) in [5.41, 5.74) is 12.9. The number of aliphatic hydroxyl groups is 1. The van der Waals surface area contributed by atoms with Crippen molar-refractivity contribution < 1.29 is 29.0 Å². The SMILES string of the molecule is C=CC.CC1(C)C(O)CCC2(C)C1CCC1(C)C3CCC4(Cc5cccc(CCc6ccc(C(=O)O)c(F)c6)c5)CCCC4C3CCC12.NC=O.NC=O. The third-order valence-corrected chi connectivity index (χ3v) is 15.2. The smallest absolute Gasteiger partial charge is 0.338 e. The van der Waals surface area contributed by atoms with Crippen LogP contribution in [-0.2, 0) is 28.9 Å². The van der Waals surface area contributed by atoms with Crippen LogP contribution in [-0.4, -0.2) is 35.1 Å².